The number of methoxy groups -OCH3 is 2. The molecular formula is C13H18N2O3S. The number of rotatable bonds is 6. The molecule has 0 bridgehead atoms. The summed E-state index contributed by atoms with van der Waals surface area (Å²) in [4.78, 5) is 12.4. The fraction of sp³-hybridized carbons (Fsp3) is 0.385. The molecule has 1 amide bonds. The number of amides is 1. The van der Waals surface area contributed by atoms with Crippen LogP contribution in [-0.4, -0.2) is 31.7 Å². The minimum atomic E-state index is -0.234. The molecule has 1 atom stereocenters. The van der Waals surface area contributed by atoms with Crippen molar-refractivity contribution in [1.82, 2.24) is 5.32 Å². The Morgan fingerprint density at radius 3 is 2.63 bits per heavy atom. The van der Waals surface area contributed by atoms with Gasteiger partial charge in [-0.25, -0.2) is 0 Å². The average Bonchev–Trinajstić information content (AvgIpc) is 2.43. The van der Waals surface area contributed by atoms with E-state index in [1.807, 2.05) is 6.92 Å². The smallest absolute Gasteiger partial charge is 0.255 e. The Balaban J connectivity index is 2.79. The molecule has 0 spiro atoms. The number of nitrogens with two attached hydrogens (primary N) is 1. The Hall–Kier alpha value is -1.82. The predicted molar refractivity (Wildman–Crippen MR) is 77.8 cm³/mol. The second kappa shape index (κ2) is 6.94. The molecule has 6 heteroatoms. The van der Waals surface area contributed by atoms with Crippen molar-refractivity contribution >= 4 is 23.1 Å². The highest BCUT2D eigenvalue weighted by Gasteiger charge is 2.14. The first kappa shape index (κ1) is 15.2. The lowest BCUT2D eigenvalue weighted by atomic mass is 10.1. The minimum absolute atomic E-state index is 0.0526. The fourth-order valence-corrected chi connectivity index (χ4v) is 1.51. The molecule has 0 aliphatic heterocycles. The Morgan fingerprint density at radius 1 is 1.42 bits per heavy atom. The zero-order valence-corrected chi connectivity index (χ0v) is 12.0. The first-order valence-electron chi connectivity index (χ1n) is 5.79. The predicted octanol–water partition coefficient (Wildman–Crippen LogP) is 1.36. The highest BCUT2D eigenvalue weighted by atomic mass is 32.1. The molecule has 0 aromatic heterocycles. The van der Waals surface area contributed by atoms with Gasteiger partial charge in [-0.05, 0) is 12.1 Å². The van der Waals surface area contributed by atoms with Crippen LogP contribution in [0.2, 0.25) is 0 Å². The summed E-state index contributed by atoms with van der Waals surface area (Å²) in [6.45, 7) is 2.25. The van der Waals surface area contributed by atoms with E-state index >= 15 is 0 Å². The van der Waals surface area contributed by atoms with E-state index in [0.29, 0.717) is 28.6 Å². The van der Waals surface area contributed by atoms with Gasteiger partial charge in [-0.1, -0.05) is 19.1 Å². The number of hydrogen-bond donors (Lipinski definition) is 2. The van der Waals surface area contributed by atoms with Gasteiger partial charge in [-0.2, -0.15) is 0 Å². The first-order valence-corrected chi connectivity index (χ1v) is 6.20. The maximum Gasteiger partial charge on any atom is 0.255 e. The lowest BCUT2D eigenvalue weighted by Gasteiger charge is -2.13. The summed E-state index contributed by atoms with van der Waals surface area (Å²) < 4.78 is 10.2. The molecule has 5 nitrogen and oxygen atoms in total. The molecule has 0 heterocycles. The number of nitrogens with one attached hydrogen (secondary N) is 1. The maximum atomic E-state index is 12.0. The van der Waals surface area contributed by atoms with E-state index in [1.165, 1.54) is 7.11 Å². The zero-order chi connectivity index (χ0) is 14.4. The molecule has 1 aromatic rings. The number of carbonyl (C=O) groups excluding carboxylic acids is 1. The third-order valence-corrected chi connectivity index (χ3v) is 3.11. The Labute approximate surface area is 118 Å². The van der Waals surface area contributed by atoms with Crippen LogP contribution in [0.5, 0.6) is 11.5 Å². The van der Waals surface area contributed by atoms with Crippen molar-refractivity contribution in [3.63, 3.8) is 0 Å². The zero-order valence-electron chi connectivity index (χ0n) is 11.2. The molecule has 0 saturated heterocycles. The summed E-state index contributed by atoms with van der Waals surface area (Å²) in [5.41, 5.74) is 5.94. The van der Waals surface area contributed by atoms with Gasteiger partial charge in [0.05, 0.1) is 24.8 Å². The summed E-state index contributed by atoms with van der Waals surface area (Å²) in [5, 5.41) is 2.76. The monoisotopic (exact) mass is 282 g/mol. The number of thiocarbonyl (C=S) groups is 1. The molecule has 3 N–H and O–H groups in total. The van der Waals surface area contributed by atoms with Crippen LogP contribution in [0, 0.1) is 5.92 Å². The summed E-state index contributed by atoms with van der Waals surface area (Å²) in [7, 11) is 3.06. The van der Waals surface area contributed by atoms with Crippen molar-refractivity contribution in [3.05, 3.63) is 23.8 Å². The summed E-state index contributed by atoms with van der Waals surface area (Å²) in [6, 6.07) is 5.01. The molecule has 1 rings (SSSR count). The SMILES string of the molecule is COc1ccc(C(=O)NCC(C)C(N)=S)c(OC)c1. The summed E-state index contributed by atoms with van der Waals surface area (Å²) in [5.74, 6) is 0.801. The van der Waals surface area contributed by atoms with Crippen LogP contribution in [0.4, 0.5) is 0 Å². The molecular weight excluding hydrogens is 264 g/mol. The highest BCUT2D eigenvalue weighted by molar-refractivity contribution is 7.80. The Kier molecular flexibility index (Phi) is 5.57. The molecule has 0 radical (unpaired) electrons. The highest BCUT2D eigenvalue weighted by Crippen LogP contribution is 2.24. The van der Waals surface area contributed by atoms with Crippen molar-refractivity contribution in [2.45, 2.75) is 6.92 Å². The molecule has 0 aliphatic carbocycles. The van der Waals surface area contributed by atoms with Crippen LogP contribution in [0.25, 0.3) is 0 Å². The van der Waals surface area contributed by atoms with Gasteiger partial charge >= 0.3 is 0 Å². The van der Waals surface area contributed by atoms with E-state index < -0.39 is 0 Å². The van der Waals surface area contributed by atoms with E-state index in [1.54, 1.807) is 25.3 Å². The van der Waals surface area contributed by atoms with Crippen LogP contribution in [0.15, 0.2) is 18.2 Å². The lowest BCUT2D eigenvalue weighted by molar-refractivity contribution is 0.0948. The quantitative estimate of drug-likeness (QED) is 0.771. The van der Waals surface area contributed by atoms with Gasteiger partial charge in [0.1, 0.15) is 11.5 Å². The normalized spacial score (nSPS) is 11.5. The van der Waals surface area contributed by atoms with Crippen LogP contribution in [0.1, 0.15) is 17.3 Å². The lowest BCUT2D eigenvalue weighted by Crippen LogP contribution is -2.33. The third-order valence-electron chi connectivity index (χ3n) is 2.71. The number of ether oxygens (including phenoxy) is 2. The van der Waals surface area contributed by atoms with Crippen LogP contribution in [0.3, 0.4) is 0 Å². The van der Waals surface area contributed by atoms with Crippen LogP contribution in [-0.2, 0) is 0 Å². The van der Waals surface area contributed by atoms with Gasteiger partial charge in [0, 0.05) is 18.5 Å². The van der Waals surface area contributed by atoms with Crippen LogP contribution >= 0.6 is 12.2 Å². The van der Waals surface area contributed by atoms with Gasteiger partial charge in [-0.15, -0.1) is 0 Å². The van der Waals surface area contributed by atoms with Crippen molar-refractivity contribution in [1.29, 1.82) is 0 Å². The molecule has 104 valence electrons. The van der Waals surface area contributed by atoms with Crippen LogP contribution < -0.4 is 20.5 Å². The Bertz CT molecular complexity index is 477. The van der Waals surface area contributed by atoms with Gasteiger partial charge in [0.2, 0.25) is 0 Å². The standard InChI is InChI=1S/C13H18N2O3S/c1-8(12(14)19)7-15-13(16)10-5-4-9(17-2)6-11(10)18-3/h4-6,8H,7H2,1-3H3,(H2,14,19)(H,15,16). The largest absolute Gasteiger partial charge is 0.497 e. The minimum Gasteiger partial charge on any atom is -0.497 e. The van der Waals surface area contributed by atoms with E-state index in [-0.39, 0.29) is 11.8 Å². The van der Waals surface area contributed by atoms with Gasteiger partial charge < -0.3 is 20.5 Å². The van der Waals surface area contributed by atoms with Crippen molar-refractivity contribution < 1.29 is 14.3 Å². The van der Waals surface area contributed by atoms with E-state index in [2.05, 4.69) is 5.32 Å². The van der Waals surface area contributed by atoms with E-state index in [0.717, 1.165) is 0 Å². The number of benzene rings is 1. The Morgan fingerprint density at radius 2 is 2.11 bits per heavy atom. The van der Waals surface area contributed by atoms with Gasteiger partial charge in [0.15, 0.2) is 0 Å². The topological polar surface area (TPSA) is 73.6 Å². The summed E-state index contributed by atoms with van der Waals surface area (Å²) in [6.07, 6.45) is 0. The third kappa shape index (κ3) is 4.10. The fourth-order valence-electron chi connectivity index (χ4n) is 1.43. The number of hydrogen-bond acceptors (Lipinski definition) is 4. The second-order valence-electron chi connectivity index (χ2n) is 4.08. The van der Waals surface area contributed by atoms with E-state index in [9.17, 15) is 4.79 Å². The van der Waals surface area contributed by atoms with Crippen molar-refractivity contribution in [3.8, 4) is 11.5 Å². The maximum absolute atomic E-state index is 12.0. The van der Waals surface area contributed by atoms with Crippen molar-refractivity contribution in [2.24, 2.45) is 11.7 Å². The number of carbonyl (C=O) groups is 1. The summed E-state index contributed by atoms with van der Waals surface area (Å²) >= 11 is 4.85. The second-order valence-corrected chi connectivity index (χ2v) is 4.55. The first-order chi connectivity index (χ1) is 8.99. The van der Waals surface area contributed by atoms with Gasteiger partial charge in [-0.3, -0.25) is 4.79 Å². The molecule has 0 fully saturated rings. The molecule has 1 aromatic carbocycles. The average molecular weight is 282 g/mol. The van der Waals surface area contributed by atoms with Crippen molar-refractivity contribution in [2.75, 3.05) is 20.8 Å². The molecule has 19 heavy (non-hydrogen) atoms. The molecule has 0 aliphatic rings. The molecule has 0 saturated carbocycles. The van der Waals surface area contributed by atoms with Gasteiger partial charge in [0.25, 0.3) is 5.91 Å². The van der Waals surface area contributed by atoms with E-state index in [4.69, 9.17) is 27.4 Å². The molecule has 1 unspecified atom stereocenters.